The highest BCUT2D eigenvalue weighted by Crippen LogP contribution is 2.33. The molecule has 0 saturated carbocycles. The molecular weight excluding hydrogens is 374 g/mol. The average Bonchev–Trinajstić information content (AvgIpc) is 3.19. The fourth-order valence-corrected chi connectivity index (χ4v) is 3.57. The van der Waals surface area contributed by atoms with Crippen molar-refractivity contribution in [3.63, 3.8) is 0 Å². The van der Waals surface area contributed by atoms with Gasteiger partial charge >= 0.3 is 0 Å². The molecule has 5 nitrogen and oxygen atoms in total. The van der Waals surface area contributed by atoms with Crippen molar-refractivity contribution in [1.29, 1.82) is 5.26 Å². The monoisotopic (exact) mass is 399 g/mol. The van der Waals surface area contributed by atoms with Gasteiger partial charge in [0.15, 0.2) is 0 Å². The first-order valence-electron chi connectivity index (χ1n) is 9.60. The molecule has 3 rings (SSSR count). The maximum Gasteiger partial charge on any atom is 0.142 e. The van der Waals surface area contributed by atoms with Crippen molar-refractivity contribution in [2.75, 3.05) is 31.7 Å². The number of benzene rings is 2. The summed E-state index contributed by atoms with van der Waals surface area (Å²) in [5.41, 5.74) is 2.24. The Hall–Kier alpha value is -2.42. The summed E-state index contributed by atoms with van der Waals surface area (Å²) in [6.45, 7) is 3.25. The molecule has 0 spiro atoms. The third kappa shape index (κ3) is 5.54. The lowest BCUT2D eigenvalue weighted by Crippen LogP contribution is -2.32. The van der Waals surface area contributed by atoms with Crippen molar-refractivity contribution in [2.24, 2.45) is 0 Å². The van der Waals surface area contributed by atoms with Gasteiger partial charge in [0.25, 0.3) is 0 Å². The van der Waals surface area contributed by atoms with Crippen LogP contribution in [-0.2, 0) is 6.54 Å². The molecule has 0 bridgehead atoms. The lowest BCUT2D eigenvalue weighted by molar-refractivity contribution is 0.312. The third-order valence-corrected chi connectivity index (χ3v) is 5.10. The molecule has 1 N–H and O–H groups in total. The lowest BCUT2D eigenvalue weighted by Gasteiger charge is -2.22. The van der Waals surface area contributed by atoms with Gasteiger partial charge in [-0.25, -0.2) is 0 Å². The SMILES string of the molecule is COc1ccc(Cl)cc1N1CCC(NCc2cccc(OCCCC#N)c2)C1. The fourth-order valence-electron chi connectivity index (χ4n) is 3.40. The number of nitriles is 1. The number of nitrogens with zero attached hydrogens (tertiary/aromatic N) is 2. The Kier molecular flexibility index (Phi) is 7.41. The molecule has 6 heteroatoms. The van der Waals surface area contributed by atoms with E-state index in [9.17, 15) is 0 Å². The summed E-state index contributed by atoms with van der Waals surface area (Å²) in [5, 5.41) is 12.9. The van der Waals surface area contributed by atoms with Crippen LogP contribution in [0.4, 0.5) is 5.69 Å². The zero-order chi connectivity index (χ0) is 19.8. The first-order valence-corrected chi connectivity index (χ1v) is 9.98. The number of halogens is 1. The second-order valence-electron chi connectivity index (χ2n) is 6.89. The molecule has 1 atom stereocenters. The topological polar surface area (TPSA) is 57.5 Å². The minimum Gasteiger partial charge on any atom is -0.495 e. The molecule has 2 aromatic rings. The first kappa shape index (κ1) is 20.3. The van der Waals surface area contributed by atoms with E-state index in [1.807, 2.05) is 30.3 Å². The minimum atomic E-state index is 0.406. The van der Waals surface area contributed by atoms with Gasteiger partial charge in [-0.05, 0) is 48.7 Å². The molecule has 1 aliphatic rings. The van der Waals surface area contributed by atoms with E-state index in [1.54, 1.807) is 7.11 Å². The summed E-state index contributed by atoms with van der Waals surface area (Å²) in [4.78, 5) is 2.32. The Bertz CT molecular complexity index is 822. The molecule has 1 heterocycles. The third-order valence-electron chi connectivity index (χ3n) is 4.86. The lowest BCUT2D eigenvalue weighted by atomic mass is 10.2. The van der Waals surface area contributed by atoms with Crippen LogP contribution in [0, 0.1) is 11.3 Å². The molecule has 28 heavy (non-hydrogen) atoms. The quantitative estimate of drug-likeness (QED) is 0.633. The maximum atomic E-state index is 8.58. The fraction of sp³-hybridized carbons (Fsp3) is 0.409. The van der Waals surface area contributed by atoms with Crippen LogP contribution in [0.3, 0.4) is 0 Å². The van der Waals surface area contributed by atoms with Crippen molar-refractivity contribution >= 4 is 17.3 Å². The molecular formula is C22H26ClN3O2. The largest absolute Gasteiger partial charge is 0.495 e. The number of methoxy groups -OCH3 is 1. The predicted octanol–water partition coefficient (Wildman–Crippen LogP) is 4.40. The van der Waals surface area contributed by atoms with Crippen LogP contribution < -0.4 is 19.7 Å². The van der Waals surface area contributed by atoms with Crippen LogP contribution in [0.5, 0.6) is 11.5 Å². The van der Waals surface area contributed by atoms with Gasteiger partial charge in [0.2, 0.25) is 0 Å². The number of nitrogens with one attached hydrogen (secondary N) is 1. The Morgan fingerprint density at radius 3 is 3.00 bits per heavy atom. The van der Waals surface area contributed by atoms with Crippen LogP contribution >= 0.6 is 11.6 Å². The van der Waals surface area contributed by atoms with Gasteiger partial charge in [-0.1, -0.05) is 23.7 Å². The highest BCUT2D eigenvalue weighted by Gasteiger charge is 2.24. The summed E-state index contributed by atoms with van der Waals surface area (Å²) >= 11 is 6.17. The van der Waals surface area contributed by atoms with Crippen LogP contribution in [0.15, 0.2) is 42.5 Å². The van der Waals surface area contributed by atoms with Gasteiger partial charge in [-0.15, -0.1) is 0 Å². The molecule has 1 saturated heterocycles. The average molecular weight is 400 g/mol. The summed E-state index contributed by atoms with van der Waals surface area (Å²) in [7, 11) is 1.69. The van der Waals surface area contributed by atoms with Gasteiger partial charge in [0, 0.05) is 37.1 Å². The summed E-state index contributed by atoms with van der Waals surface area (Å²) in [6.07, 6.45) is 2.35. The molecule has 0 aromatic heterocycles. The number of unbranched alkanes of at least 4 members (excludes halogenated alkanes) is 1. The number of hydrogen-bond donors (Lipinski definition) is 1. The summed E-state index contributed by atoms with van der Waals surface area (Å²) < 4.78 is 11.2. The van der Waals surface area contributed by atoms with Crippen LogP contribution in [-0.4, -0.2) is 32.8 Å². The van der Waals surface area contributed by atoms with Gasteiger partial charge in [-0.3, -0.25) is 0 Å². The van der Waals surface area contributed by atoms with E-state index in [4.69, 9.17) is 26.3 Å². The Balaban J connectivity index is 1.51. The minimum absolute atomic E-state index is 0.406. The van der Waals surface area contributed by atoms with Crippen molar-refractivity contribution in [3.8, 4) is 17.6 Å². The number of hydrogen-bond acceptors (Lipinski definition) is 5. The number of rotatable bonds is 9. The van der Waals surface area contributed by atoms with Crippen molar-refractivity contribution in [2.45, 2.75) is 31.8 Å². The van der Waals surface area contributed by atoms with Crippen molar-refractivity contribution < 1.29 is 9.47 Å². The van der Waals surface area contributed by atoms with Crippen molar-refractivity contribution in [3.05, 3.63) is 53.1 Å². The summed E-state index contributed by atoms with van der Waals surface area (Å²) in [6, 6.07) is 16.4. The standard InChI is InChI=1S/C22H26ClN3O2/c1-27-22-8-7-18(23)14-21(22)26-11-9-19(16-26)25-15-17-5-4-6-20(13-17)28-12-3-2-10-24/h4-8,13-14,19,25H,2-3,9,11-12,15-16H2,1H3. The summed E-state index contributed by atoms with van der Waals surface area (Å²) in [5.74, 6) is 1.71. The second kappa shape index (κ2) is 10.2. The van der Waals surface area contributed by atoms with Crippen LogP contribution in [0.2, 0.25) is 5.02 Å². The molecule has 2 aromatic carbocycles. The molecule has 1 fully saturated rings. The second-order valence-corrected chi connectivity index (χ2v) is 7.32. The highest BCUT2D eigenvalue weighted by atomic mass is 35.5. The molecule has 0 radical (unpaired) electrons. The van der Waals surface area contributed by atoms with Gasteiger partial charge in [0.1, 0.15) is 11.5 Å². The van der Waals surface area contributed by atoms with E-state index < -0.39 is 0 Å². The molecule has 148 valence electrons. The molecule has 0 aliphatic carbocycles. The van der Waals surface area contributed by atoms with E-state index in [-0.39, 0.29) is 0 Å². The predicted molar refractivity (Wildman–Crippen MR) is 112 cm³/mol. The van der Waals surface area contributed by atoms with Crippen LogP contribution in [0.25, 0.3) is 0 Å². The maximum absolute atomic E-state index is 8.58. The Labute approximate surface area is 171 Å². The number of anilines is 1. The van der Waals surface area contributed by atoms with E-state index in [0.717, 1.165) is 54.7 Å². The molecule has 1 unspecified atom stereocenters. The van der Waals surface area contributed by atoms with Crippen LogP contribution in [0.1, 0.15) is 24.8 Å². The van der Waals surface area contributed by atoms with E-state index in [2.05, 4.69) is 28.4 Å². The molecule has 1 aliphatic heterocycles. The zero-order valence-electron chi connectivity index (χ0n) is 16.2. The smallest absolute Gasteiger partial charge is 0.142 e. The number of ether oxygens (including phenoxy) is 2. The van der Waals surface area contributed by atoms with E-state index in [0.29, 0.717) is 19.1 Å². The van der Waals surface area contributed by atoms with E-state index in [1.165, 1.54) is 5.56 Å². The highest BCUT2D eigenvalue weighted by molar-refractivity contribution is 6.30. The van der Waals surface area contributed by atoms with Gasteiger partial charge < -0.3 is 19.7 Å². The molecule has 0 amide bonds. The normalized spacial score (nSPS) is 16.0. The van der Waals surface area contributed by atoms with Gasteiger partial charge in [0.05, 0.1) is 25.5 Å². The Morgan fingerprint density at radius 1 is 1.29 bits per heavy atom. The van der Waals surface area contributed by atoms with E-state index >= 15 is 0 Å². The first-order chi connectivity index (χ1) is 13.7. The van der Waals surface area contributed by atoms with Gasteiger partial charge in [-0.2, -0.15) is 5.26 Å². The van der Waals surface area contributed by atoms with Crippen molar-refractivity contribution in [1.82, 2.24) is 5.32 Å². The Morgan fingerprint density at radius 2 is 2.18 bits per heavy atom. The zero-order valence-corrected chi connectivity index (χ0v) is 16.9.